The van der Waals surface area contributed by atoms with Crippen molar-refractivity contribution in [3.8, 4) is 22.5 Å². The van der Waals surface area contributed by atoms with Crippen LogP contribution in [-0.2, 0) is 7.05 Å². The first-order valence-electron chi connectivity index (χ1n) is 7.22. The Morgan fingerprint density at radius 1 is 1.21 bits per heavy atom. The van der Waals surface area contributed by atoms with Gasteiger partial charge in [-0.05, 0) is 13.0 Å². The maximum atomic E-state index is 6.26. The lowest BCUT2D eigenvalue weighted by Gasteiger charge is -2.09. The van der Waals surface area contributed by atoms with Crippen molar-refractivity contribution in [2.75, 3.05) is 5.73 Å². The number of rotatable bonds is 2. The van der Waals surface area contributed by atoms with Crippen LogP contribution in [-0.4, -0.2) is 24.5 Å². The highest BCUT2D eigenvalue weighted by Crippen LogP contribution is 2.42. The Labute approximate surface area is 147 Å². The molecule has 0 saturated heterocycles. The molecule has 4 aromatic rings. The van der Waals surface area contributed by atoms with Crippen molar-refractivity contribution in [1.29, 1.82) is 0 Å². The van der Waals surface area contributed by atoms with Gasteiger partial charge in [0.2, 0.25) is 0 Å². The van der Waals surface area contributed by atoms with Gasteiger partial charge in [0.15, 0.2) is 0 Å². The fraction of sp³-hybridized carbons (Fsp3) is 0.125. The molecule has 4 aromatic heterocycles. The minimum absolute atomic E-state index is 0.649. The molecule has 4 heterocycles. The zero-order chi connectivity index (χ0) is 16.8. The Morgan fingerprint density at radius 3 is 2.62 bits per heavy atom. The third-order valence-electron chi connectivity index (χ3n) is 4.03. The van der Waals surface area contributed by atoms with Crippen molar-refractivity contribution in [3.05, 3.63) is 36.8 Å². The molecule has 0 aliphatic carbocycles. The molecule has 0 atom stereocenters. The summed E-state index contributed by atoms with van der Waals surface area (Å²) in [7, 11) is 1.99. The van der Waals surface area contributed by atoms with E-state index in [1.54, 1.807) is 12.4 Å². The average molecular weight is 354 g/mol. The van der Waals surface area contributed by atoms with E-state index >= 15 is 0 Å². The summed E-state index contributed by atoms with van der Waals surface area (Å²) in [4.78, 5) is 18.1. The van der Waals surface area contributed by atoms with E-state index in [1.165, 1.54) is 17.7 Å². The zero-order valence-electron chi connectivity index (χ0n) is 13.1. The molecule has 120 valence electrons. The summed E-state index contributed by atoms with van der Waals surface area (Å²) >= 11 is 5.94. The van der Waals surface area contributed by atoms with Gasteiger partial charge in [0, 0.05) is 36.0 Å². The lowest BCUT2D eigenvalue weighted by molar-refractivity contribution is 0.865. The number of fused-ring (bicyclic) bond motifs is 1. The lowest BCUT2D eigenvalue weighted by Crippen LogP contribution is -1.97. The van der Waals surface area contributed by atoms with E-state index < -0.39 is 0 Å². The van der Waals surface area contributed by atoms with Crippen LogP contribution < -0.4 is 5.73 Å². The van der Waals surface area contributed by atoms with Gasteiger partial charge < -0.3 is 10.3 Å². The molecule has 8 heteroatoms. The van der Waals surface area contributed by atoms with Gasteiger partial charge in [-0.15, -0.1) is 24.0 Å². The normalized spacial score (nSPS) is 11.3. The summed E-state index contributed by atoms with van der Waals surface area (Å²) in [5.74, 6) is 0.930. The highest BCUT2D eigenvalue weighted by atomic mass is 32.2. The van der Waals surface area contributed by atoms with Crippen molar-refractivity contribution in [2.24, 2.45) is 7.05 Å². The maximum absolute atomic E-state index is 6.26. The number of aryl methyl sites for hydroxylation is 1. The standard InChI is InChI=1S/C16H14N6S2/c1-8-20-6-12(22(8)2)10-3-11(9-4-18-7-19-5-9)21-15-13(10)14(17)16(23)24-15/h3-7,23H,17H2,1-2H3. The van der Waals surface area contributed by atoms with Gasteiger partial charge in [-0.3, -0.25) is 0 Å². The van der Waals surface area contributed by atoms with Crippen LogP contribution in [0.15, 0.2) is 35.2 Å². The van der Waals surface area contributed by atoms with E-state index in [2.05, 4.69) is 27.6 Å². The molecule has 0 aliphatic heterocycles. The highest BCUT2D eigenvalue weighted by molar-refractivity contribution is 7.83. The summed E-state index contributed by atoms with van der Waals surface area (Å²) in [5, 5.41) is 0.911. The van der Waals surface area contributed by atoms with Crippen LogP contribution in [0.4, 0.5) is 5.69 Å². The molecular weight excluding hydrogens is 340 g/mol. The van der Waals surface area contributed by atoms with E-state index in [0.29, 0.717) is 5.69 Å². The van der Waals surface area contributed by atoms with Gasteiger partial charge in [0.25, 0.3) is 0 Å². The molecule has 0 bridgehead atoms. The number of imidazole rings is 1. The van der Waals surface area contributed by atoms with Crippen LogP contribution in [0.1, 0.15) is 5.82 Å². The molecule has 0 spiro atoms. The van der Waals surface area contributed by atoms with Gasteiger partial charge in [0.05, 0.1) is 27.5 Å². The number of hydrogen-bond donors (Lipinski definition) is 2. The fourth-order valence-corrected chi connectivity index (χ4v) is 3.88. The maximum Gasteiger partial charge on any atom is 0.127 e. The number of nitrogens with two attached hydrogens (primary N) is 1. The van der Waals surface area contributed by atoms with Crippen molar-refractivity contribution < 1.29 is 0 Å². The van der Waals surface area contributed by atoms with Gasteiger partial charge >= 0.3 is 0 Å². The molecule has 6 nitrogen and oxygen atoms in total. The number of thiol groups is 1. The summed E-state index contributed by atoms with van der Waals surface area (Å²) in [6, 6.07) is 2.01. The van der Waals surface area contributed by atoms with Gasteiger partial charge in [-0.1, -0.05) is 0 Å². The SMILES string of the molecule is Cc1ncc(-c2cc(-c3cncnc3)nc3sc(S)c(N)c23)n1C. The molecule has 0 aromatic carbocycles. The number of hydrogen-bond acceptors (Lipinski definition) is 7. The molecule has 4 rings (SSSR count). The quantitative estimate of drug-likeness (QED) is 0.540. The van der Waals surface area contributed by atoms with Crippen molar-refractivity contribution in [3.63, 3.8) is 0 Å². The summed E-state index contributed by atoms with van der Waals surface area (Å²) < 4.78 is 2.80. The summed E-state index contributed by atoms with van der Waals surface area (Å²) in [6.07, 6.45) is 6.85. The lowest BCUT2D eigenvalue weighted by atomic mass is 10.1. The first-order chi connectivity index (χ1) is 11.6. The topological polar surface area (TPSA) is 82.5 Å². The van der Waals surface area contributed by atoms with Crippen LogP contribution >= 0.6 is 24.0 Å². The second kappa shape index (κ2) is 5.57. The zero-order valence-corrected chi connectivity index (χ0v) is 14.8. The first-order valence-corrected chi connectivity index (χ1v) is 8.48. The number of nitrogens with zero attached hydrogens (tertiary/aromatic N) is 5. The third kappa shape index (κ3) is 2.26. The van der Waals surface area contributed by atoms with Crippen molar-refractivity contribution >= 4 is 39.9 Å². The van der Waals surface area contributed by atoms with Crippen molar-refractivity contribution in [1.82, 2.24) is 24.5 Å². The Hall–Kier alpha value is -2.45. The molecule has 0 aliphatic rings. The van der Waals surface area contributed by atoms with E-state index in [4.69, 9.17) is 10.7 Å². The average Bonchev–Trinajstić information content (AvgIpc) is 3.08. The van der Waals surface area contributed by atoms with Crippen LogP contribution in [0, 0.1) is 6.92 Å². The molecule has 0 unspecified atom stereocenters. The van der Waals surface area contributed by atoms with Crippen LogP contribution in [0.3, 0.4) is 0 Å². The highest BCUT2D eigenvalue weighted by Gasteiger charge is 2.18. The number of anilines is 1. The predicted octanol–water partition coefficient (Wildman–Crippen LogP) is 3.33. The predicted molar refractivity (Wildman–Crippen MR) is 99.2 cm³/mol. The number of nitrogen functional groups attached to an aromatic ring is 1. The minimum atomic E-state index is 0.649. The Morgan fingerprint density at radius 2 is 1.96 bits per heavy atom. The van der Waals surface area contributed by atoms with Crippen molar-refractivity contribution in [2.45, 2.75) is 11.1 Å². The smallest absolute Gasteiger partial charge is 0.127 e. The Bertz CT molecular complexity index is 1050. The molecule has 0 amide bonds. The molecule has 2 N–H and O–H groups in total. The van der Waals surface area contributed by atoms with Gasteiger partial charge in [-0.25, -0.2) is 19.9 Å². The Balaban J connectivity index is 2.08. The van der Waals surface area contributed by atoms with E-state index in [0.717, 1.165) is 42.8 Å². The molecule has 0 fully saturated rings. The second-order valence-corrected chi connectivity index (χ2v) is 7.18. The fourth-order valence-electron chi connectivity index (χ4n) is 2.64. The van der Waals surface area contributed by atoms with Crippen LogP contribution in [0.5, 0.6) is 0 Å². The molecule has 0 radical (unpaired) electrons. The molecular formula is C16H14N6S2. The molecule has 0 saturated carbocycles. The largest absolute Gasteiger partial charge is 0.397 e. The summed E-state index contributed by atoms with van der Waals surface area (Å²) in [5.41, 5.74) is 10.5. The van der Waals surface area contributed by atoms with E-state index in [9.17, 15) is 0 Å². The Kier molecular flexibility index (Phi) is 3.50. The van der Waals surface area contributed by atoms with E-state index in [1.807, 2.05) is 30.8 Å². The van der Waals surface area contributed by atoms with Gasteiger partial charge in [0.1, 0.15) is 17.0 Å². The van der Waals surface area contributed by atoms with E-state index in [-0.39, 0.29) is 0 Å². The van der Waals surface area contributed by atoms with Crippen LogP contribution in [0.2, 0.25) is 0 Å². The molecule has 24 heavy (non-hydrogen) atoms. The monoisotopic (exact) mass is 354 g/mol. The van der Waals surface area contributed by atoms with Crippen LogP contribution in [0.25, 0.3) is 32.7 Å². The first kappa shape index (κ1) is 15.1. The number of aromatic nitrogens is 5. The van der Waals surface area contributed by atoms with Gasteiger partial charge in [-0.2, -0.15) is 0 Å². The summed E-state index contributed by atoms with van der Waals surface area (Å²) in [6.45, 7) is 1.97. The number of thiophene rings is 1. The number of pyridine rings is 1. The minimum Gasteiger partial charge on any atom is -0.397 e. The third-order valence-corrected chi connectivity index (χ3v) is 5.45. The second-order valence-electron chi connectivity index (χ2n) is 5.43.